The first-order chi connectivity index (χ1) is 10.2. The Morgan fingerprint density at radius 1 is 1.38 bits per heavy atom. The average molecular weight is 295 g/mol. The summed E-state index contributed by atoms with van der Waals surface area (Å²) in [6.45, 7) is 6.74. The molecule has 0 saturated heterocycles. The number of aliphatic hydroxyl groups excluding tert-OH is 1. The summed E-state index contributed by atoms with van der Waals surface area (Å²) in [6.07, 6.45) is 4.87. The van der Waals surface area contributed by atoms with Crippen molar-refractivity contribution in [3.05, 3.63) is 18.0 Å². The summed E-state index contributed by atoms with van der Waals surface area (Å²) in [4.78, 5) is 4.58. The van der Waals surface area contributed by atoms with Crippen molar-refractivity contribution in [2.24, 2.45) is 18.0 Å². The highest BCUT2D eigenvalue weighted by Crippen LogP contribution is 2.09. The number of nitrogens with zero attached hydrogens (tertiary/aromatic N) is 3. The second-order valence-corrected chi connectivity index (χ2v) is 5.19. The summed E-state index contributed by atoms with van der Waals surface area (Å²) in [7, 11) is 1.92. The molecule has 1 aromatic rings. The minimum Gasteiger partial charge on any atom is -0.396 e. The predicted octanol–water partition coefficient (Wildman–Crippen LogP) is 1.27. The van der Waals surface area contributed by atoms with Crippen LogP contribution in [0.1, 0.15) is 38.8 Å². The molecule has 3 N–H and O–H groups in total. The van der Waals surface area contributed by atoms with E-state index in [0.29, 0.717) is 12.5 Å². The first-order valence-electron chi connectivity index (χ1n) is 7.81. The molecule has 0 aromatic carbocycles. The number of aryl methyl sites for hydroxylation is 1. The number of nitrogens with one attached hydrogen (secondary N) is 2. The molecule has 0 aliphatic heterocycles. The zero-order valence-corrected chi connectivity index (χ0v) is 13.5. The van der Waals surface area contributed by atoms with Gasteiger partial charge in [0.15, 0.2) is 5.96 Å². The van der Waals surface area contributed by atoms with Crippen molar-refractivity contribution in [1.29, 1.82) is 0 Å². The molecule has 0 aliphatic rings. The zero-order valence-electron chi connectivity index (χ0n) is 13.5. The molecule has 6 heteroatoms. The quantitative estimate of drug-likeness (QED) is 0.474. The summed E-state index contributed by atoms with van der Waals surface area (Å²) in [5.41, 5.74) is 1.08. The van der Waals surface area contributed by atoms with Gasteiger partial charge in [0, 0.05) is 32.9 Å². The van der Waals surface area contributed by atoms with E-state index in [1.54, 1.807) is 6.20 Å². The lowest BCUT2D eigenvalue weighted by Crippen LogP contribution is -2.40. The Balaban J connectivity index is 2.53. The maximum absolute atomic E-state index is 9.11. The van der Waals surface area contributed by atoms with Gasteiger partial charge in [0.2, 0.25) is 0 Å². The fourth-order valence-corrected chi connectivity index (χ4v) is 2.24. The third-order valence-electron chi connectivity index (χ3n) is 3.46. The molecule has 0 fully saturated rings. The van der Waals surface area contributed by atoms with E-state index in [4.69, 9.17) is 5.11 Å². The van der Waals surface area contributed by atoms with Gasteiger partial charge in [-0.3, -0.25) is 4.68 Å². The van der Waals surface area contributed by atoms with Gasteiger partial charge >= 0.3 is 0 Å². The van der Waals surface area contributed by atoms with Crippen molar-refractivity contribution < 1.29 is 5.11 Å². The molecule has 0 radical (unpaired) electrons. The highest BCUT2D eigenvalue weighted by Gasteiger charge is 2.08. The third kappa shape index (κ3) is 6.62. The molecule has 0 aliphatic carbocycles. The summed E-state index contributed by atoms with van der Waals surface area (Å²) < 4.78 is 1.83. The van der Waals surface area contributed by atoms with E-state index in [1.165, 1.54) is 0 Å². The molecule has 1 atom stereocenters. The Bertz CT molecular complexity index is 410. The van der Waals surface area contributed by atoms with E-state index in [0.717, 1.165) is 44.0 Å². The van der Waals surface area contributed by atoms with Crippen LogP contribution < -0.4 is 10.6 Å². The van der Waals surface area contributed by atoms with Crippen LogP contribution in [0.15, 0.2) is 17.3 Å². The van der Waals surface area contributed by atoms with Crippen molar-refractivity contribution in [3.63, 3.8) is 0 Å². The van der Waals surface area contributed by atoms with Crippen LogP contribution in [0.3, 0.4) is 0 Å². The highest BCUT2D eigenvalue weighted by molar-refractivity contribution is 5.79. The number of aromatic nitrogens is 2. The number of guanidine groups is 1. The Kier molecular flexibility index (Phi) is 8.50. The van der Waals surface area contributed by atoms with E-state index >= 15 is 0 Å². The number of hydrogen-bond acceptors (Lipinski definition) is 3. The zero-order chi connectivity index (χ0) is 15.5. The minimum atomic E-state index is 0.245. The Morgan fingerprint density at radius 3 is 2.76 bits per heavy atom. The second-order valence-electron chi connectivity index (χ2n) is 5.19. The van der Waals surface area contributed by atoms with E-state index in [9.17, 15) is 0 Å². The van der Waals surface area contributed by atoms with Crippen molar-refractivity contribution in [1.82, 2.24) is 20.4 Å². The van der Waals surface area contributed by atoms with Gasteiger partial charge in [-0.15, -0.1) is 0 Å². The molecule has 120 valence electrons. The number of aliphatic imine (C=N–C) groups is 1. The van der Waals surface area contributed by atoms with Crippen LogP contribution in [0.25, 0.3) is 0 Å². The van der Waals surface area contributed by atoms with Crippen LogP contribution in [-0.2, 0) is 13.6 Å². The van der Waals surface area contributed by atoms with Crippen molar-refractivity contribution in [2.75, 3.05) is 19.7 Å². The van der Waals surface area contributed by atoms with Crippen molar-refractivity contribution in [2.45, 2.75) is 39.7 Å². The second kappa shape index (κ2) is 10.2. The lowest BCUT2D eigenvalue weighted by Gasteiger charge is -2.18. The molecule has 1 unspecified atom stereocenters. The van der Waals surface area contributed by atoms with E-state index in [2.05, 4.69) is 34.6 Å². The molecule has 0 spiro atoms. The molecule has 6 nitrogen and oxygen atoms in total. The van der Waals surface area contributed by atoms with Crippen LogP contribution in [0.2, 0.25) is 0 Å². The lowest BCUT2D eigenvalue weighted by molar-refractivity contribution is 0.251. The summed E-state index contributed by atoms with van der Waals surface area (Å²) in [5.74, 6) is 1.30. The monoisotopic (exact) mass is 295 g/mol. The Morgan fingerprint density at radius 2 is 2.19 bits per heavy atom. The van der Waals surface area contributed by atoms with Crippen LogP contribution in [0.5, 0.6) is 0 Å². The van der Waals surface area contributed by atoms with Gasteiger partial charge in [-0.25, -0.2) is 4.99 Å². The molecule has 1 heterocycles. The number of aliphatic hydroxyl groups is 1. The fraction of sp³-hybridized carbons (Fsp3) is 0.733. The highest BCUT2D eigenvalue weighted by atomic mass is 16.3. The van der Waals surface area contributed by atoms with Gasteiger partial charge < -0.3 is 15.7 Å². The maximum Gasteiger partial charge on any atom is 0.191 e. The normalized spacial score (nSPS) is 13.2. The largest absolute Gasteiger partial charge is 0.396 e. The van der Waals surface area contributed by atoms with Crippen molar-refractivity contribution in [3.8, 4) is 0 Å². The number of hydrogen-bond donors (Lipinski definition) is 3. The molecule has 0 amide bonds. The van der Waals surface area contributed by atoms with Gasteiger partial charge in [-0.1, -0.05) is 13.3 Å². The van der Waals surface area contributed by atoms with E-state index < -0.39 is 0 Å². The molecule has 21 heavy (non-hydrogen) atoms. The molecule has 0 saturated carbocycles. The third-order valence-corrected chi connectivity index (χ3v) is 3.46. The standard InChI is InChI=1S/C15H29N5O/c1-4-6-13(8-10-21)11-17-15(16-5-2)18-12-14-7-9-19-20(14)3/h7,9,13,21H,4-6,8,10-12H2,1-3H3,(H2,16,17,18). The summed E-state index contributed by atoms with van der Waals surface area (Å²) in [6, 6.07) is 1.97. The SMILES string of the molecule is CCCC(CCO)CNC(=NCc1ccnn1C)NCC. The molecule has 1 aromatic heterocycles. The van der Waals surface area contributed by atoms with Crippen LogP contribution in [0, 0.1) is 5.92 Å². The van der Waals surface area contributed by atoms with Gasteiger partial charge in [0.1, 0.15) is 0 Å². The first-order valence-corrected chi connectivity index (χ1v) is 7.81. The van der Waals surface area contributed by atoms with Gasteiger partial charge in [-0.05, 0) is 31.7 Å². The predicted molar refractivity (Wildman–Crippen MR) is 86.1 cm³/mol. The average Bonchev–Trinajstić information content (AvgIpc) is 2.87. The maximum atomic E-state index is 9.11. The lowest BCUT2D eigenvalue weighted by atomic mass is 10.0. The molecule has 0 bridgehead atoms. The molecular weight excluding hydrogens is 266 g/mol. The molecular formula is C15H29N5O. The van der Waals surface area contributed by atoms with Gasteiger partial charge in [-0.2, -0.15) is 5.10 Å². The summed E-state index contributed by atoms with van der Waals surface area (Å²) in [5, 5.41) is 19.9. The van der Waals surface area contributed by atoms with Crippen LogP contribution in [-0.4, -0.2) is 40.5 Å². The first kappa shape index (κ1) is 17.5. The Hall–Kier alpha value is -1.56. The minimum absolute atomic E-state index is 0.245. The van der Waals surface area contributed by atoms with Gasteiger partial charge in [0.25, 0.3) is 0 Å². The smallest absolute Gasteiger partial charge is 0.191 e. The summed E-state index contributed by atoms with van der Waals surface area (Å²) >= 11 is 0. The van der Waals surface area contributed by atoms with E-state index in [1.807, 2.05) is 17.8 Å². The number of rotatable bonds is 9. The van der Waals surface area contributed by atoms with Crippen LogP contribution in [0.4, 0.5) is 0 Å². The van der Waals surface area contributed by atoms with Crippen LogP contribution >= 0.6 is 0 Å². The topological polar surface area (TPSA) is 74.5 Å². The fourth-order valence-electron chi connectivity index (χ4n) is 2.24. The van der Waals surface area contributed by atoms with Crippen molar-refractivity contribution >= 4 is 5.96 Å². The van der Waals surface area contributed by atoms with E-state index in [-0.39, 0.29) is 6.61 Å². The Labute approximate surface area is 127 Å². The van der Waals surface area contributed by atoms with Gasteiger partial charge in [0.05, 0.1) is 12.2 Å². The molecule has 1 rings (SSSR count).